The van der Waals surface area contributed by atoms with Gasteiger partial charge in [-0.15, -0.1) is 0 Å². The molecule has 1 heterocycles. The maximum absolute atomic E-state index is 13.8. The van der Waals surface area contributed by atoms with Gasteiger partial charge < -0.3 is 4.42 Å². The standard InChI is InChI=1S/C15HF9O2/c16-5-3-1-2(4-6(17)9(20)11(22)10(21)7(4)18)15(25)26-14(3)13(24)12(23)8(5)19/h1H. The Balaban J connectivity index is 2.50. The van der Waals surface area contributed by atoms with E-state index in [9.17, 15) is 44.3 Å². The van der Waals surface area contributed by atoms with E-state index in [1.807, 2.05) is 0 Å². The number of benzene rings is 2. The van der Waals surface area contributed by atoms with Gasteiger partial charge in [-0.3, -0.25) is 0 Å². The molecule has 11 heteroatoms. The zero-order chi connectivity index (χ0) is 19.5. The van der Waals surface area contributed by atoms with Gasteiger partial charge >= 0.3 is 5.63 Å². The van der Waals surface area contributed by atoms with Crippen molar-refractivity contribution in [3.8, 4) is 11.1 Å². The first-order valence-electron chi connectivity index (χ1n) is 6.39. The molecular weight excluding hydrogens is 383 g/mol. The fourth-order valence-corrected chi connectivity index (χ4v) is 2.22. The fourth-order valence-electron chi connectivity index (χ4n) is 2.22. The molecule has 2 nitrogen and oxygen atoms in total. The first-order chi connectivity index (χ1) is 12.1. The SMILES string of the molecule is O=c1oc2c(F)c(F)c(F)c(F)c2cc1-c1c(F)c(F)c(F)c(F)c1F. The lowest BCUT2D eigenvalue weighted by atomic mass is 10.0. The second-order valence-electron chi connectivity index (χ2n) is 4.89. The van der Waals surface area contributed by atoms with Crippen molar-refractivity contribution in [2.45, 2.75) is 0 Å². The largest absolute Gasteiger partial charge is 0.419 e. The first kappa shape index (κ1) is 17.8. The average molecular weight is 384 g/mol. The van der Waals surface area contributed by atoms with Gasteiger partial charge in [0.25, 0.3) is 0 Å². The van der Waals surface area contributed by atoms with E-state index in [2.05, 4.69) is 4.42 Å². The van der Waals surface area contributed by atoms with E-state index in [4.69, 9.17) is 0 Å². The van der Waals surface area contributed by atoms with Crippen LogP contribution < -0.4 is 5.63 Å². The molecule has 0 saturated heterocycles. The maximum Gasteiger partial charge on any atom is 0.344 e. The highest BCUT2D eigenvalue weighted by Gasteiger charge is 2.30. The number of rotatable bonds is 1. The summed E-state index contributed by atoms with van der Waals surface area (Å²) in [6.45, 7) is 0. The van der Waals surface area contributed by atoms with Crippen molar-refractivity contribution in [3.05, 3.63) is 68.8 Å². The van der Waals surface area contributed by atoms with Gasteiger partial charge in [-0.2, -0.15) is 4.39 Å². The highest BCUT2D eigenvalue weighted by molar-refractivity contribution is 5.83. The fraction of sp³-hybridized carbons (Fsp3) is 0. The number of hydrogen-bond acceptors (Lipinski definition) is 2. The summed E-state index contributed by atoms with van der Waals surface area (Å²) < 4.78 is 125. The van der Waals surface area contributed by atoms with Crippen LogP contribution in [0.5, 0.6) is 0 Å². The zero-order valence-corrected chi connectivity index (χ0v) is 11.8. The summed E-state index contributed by atoms with van der Waals surface area (Å²) >= 11 is 0. The van der Waals surface area contributed by atoms with Crippen LogP contribution in [0.15, 0.2) is 15.3 Å². The molecule has 1 aromatic heterocycles. The Bertz CT molecular complexity index is 1120. The molecule has 0 N–H and O–H groups in total. The van der Waals surface area contributed by atoms with Gasteiger partial charge in [-0.05, 0) is 6.07 Å². The molecule has 0 bridgehead atoms. The quantitative estimate of drug-likeness (QED) is 0.263. The van der Waals surface area contributed by atoms with Crippen LogP contribution >= 0.6 is 0 Å². The second kappa shape index (κ2) is 5.78. The van der Waals surface area contributed by atoms with E-state index in [0.717, 1.165) is 0 Å². The molecule has 3 rings (SSSR count). The van der Waals surface area contributed by atoms with Crippen LogP contribution in [0.25, 0.3) is 22.1 Å². The molecule has 0 saturated carbocycles. The van der Waals surface area contributed by atoms with Gasteiger partial charge in [0.1, 0.15) is 0 Å². The summed E-state index contributed by atoms with van der Waals surface area (Å²) in [6.07, 6.45) is 0. The molecule has 3 aromatic rings. The number of fused-ring (bicyclic) bond motifs is 1. The molecule has 0 atom stereocenters. The summed E-state index contributed by atoms with van der Waals surface area (Å²) in [6, 6.07) is 0.0837. The van der Waals surface area contributed by atoms with Gasteiger partial charge in [-0.1, -0.05) is 0 Å². The van der Waals surface area contributed by atoms with Gasteiger partial charge in [0.2, 0.25) is 17.5 Å². The lowest BCUT2D eigenvalue weighted by Gasteiger charge is -2.09. The van der Waals surface area contributed by atoms with E-state index in [1.165, 1.54) is 0 Å². The summed E-state index contributed by atoms with van der Waals surface area (Å²) in [5, 5.41) is -1.29. The molecule has 0 radical (unpaired) electrons. The van der Waals surface area contributed by atoms with Crippen LogP contribution in [-0.2, 0) is 0 Å². The molecular formula is C15HF9O2. The van der Waals surface area contributed by atoms with Crippen molar-refractivity contribution in [1.82, 2.24) is 0 Å². The number of halogens is 9. The lowest BCUT2D eigenvalue weighted by molar-refractivity contribution is 0.380. The van der Waals surface area contributed by atoms with Crippen molar-refractivity contribution < 1.29 is 43.9 Å². The predicted molar refractivity (Wildman–Crippen MR) is 67.5 cm³/mol. The molecule has 136 valence electrons. The van der Waals surface area contributed by atoms with Gasteiger partial charge in [-0.25, -0.2) is 39.9 Å². The predicted octanol–water partition coefficient (Wildman–Crippen LogP) is 4.71. The van der Waals surface area contributed by atoms with E-state index >= 15 is 0 Å². The van der Waals surface area contributed by atoms with Crippen LogP contribution in [0.3, 0.4) is 0 Å². The smallest absolute Gasteiger partial charge is 0.344 e. The Labute approximate surface area is 136 Å². The average Bonchev–Trinajstić information content (AvgIpc) is 2.62. The van der Waals surface area contributed by atoms with Gasteiger partial charge in [0, 0.05) is 0 Å². The maximum atomic E-state index is 13.8. The van der Waals surface area contributed by atoms with Crippen LogP contribution in [0, 0.1) is 52.4 Å². The number of hydrogen-bond donors (Lipinski definition) is 0. The topological polar surface area (TPSA) is 30.2 Å². The summed E-state index contributed by atoms with van der Waals surface area (Å²) in [5.74, 6) is -21.2. The monoisotopic (exact) mass is 384 g/mol. The third-order valence-corrected chi connectivity index (χ3v) is 3.44. The Morgan fingerprint density at radius 3 is 1.54 bits per heavy atom. The second-order valence-corrected chi connectivity index (χ2v) is 4.89. The van der Waals surface area contributed by atoms with Crippen LogP contribution in [0.2, 0.25) is 0 Å². The van der Waals surface area contributed by atoms with Crippen molar-refractivity contribution in [2.24, 2.45) is 0 Å². The van der Waals surface area contributed by atoms with Crippen LogP contribution in [-0.4, -0.2) is 0 Å². The summed E-state index contributed by atoms with van der Waals surface area (Å²) in [5.41, 5.74) is -6.56. The minimum absolute atomic E-state index is 0.0837. The molecule has 0 aliphatic carbocycles. The normalized spacial score (nSPS) is 11.4. The Morgan fingerprint density at radius 2 is 1.00 bits per heavy atom. The Morgan fingerprint density at radius 1 is 0.577 bits per heavy atom. The lowest BCUT2D eigenvalue weighted by Crippen LogP contribution is -2.11. The highest BCUT2D eigenvalue weighted by Crippen LogP contribution is 2.33. The third kappa shape index (κ3) is 2.26. The Hall–Kier alpha value is -2.98. The van der Waals surface area contributed by atoms with E-state index < -0.39 is 80.1 Å². The molecule has 2 aromatic carbocycles. The molecule has 0 aliphatic heterocycles. The van der Waals surface area contributed by atoms with Crippen molar-refractivity contribution in [2.75, 3.05) is 0 Å². The molecule has 0 unspecified atom stereocenters. The molecule has 0 spiro atoms. The third-order valence-electron chi connectivity index (χ3n) is 3.44. The van der Waals surface area contributed by atoms with E-state index in [-0.39, 0.29) is 6.07 Å². The van der Waals surface area contributed by atoms with Crippen molar-refractivity contribution in [1.29, 1.82) is 0 Å². The molecule has 0 fully saturated rings. The van der Waals surface area contributed by atoms with Crippen LogP contribution in [0.1, 0.15) is 0 Å². The first-order valence-corrected chi connectivity index (χ1v) is 6.39. The van der Waals surface area contributed by atoms with Gasteiger partial charge in [0.05, 0.1) is 16.5 Å². The van der Waals surface area contributed by atoms with Crippen molar-refractivity contribution in [3.63, 3.8) is 0 Å². The molecule has 26 heavy (non-hydrogen) atoms. The summed E-state index contributed by atoms with van der Waals surface area (Å²) in [4.78, 5) is 11.8. The van der Waals surface area contributed by atoms with Crippen LogP contribution in [0.4, 0.5) is 39.5 Å². The Kier molecular flexibility index (Phi) is 3.97. The van der Waals surface area contributed by atoms with Crippen molar-refractivity contribution >= 4 is 11.0 Å². The minimum atomic E-state index is -2.53. The highest BCUT2D eigenvalue weighted by atomic mass is 19.2. The van der Waals surface area contributed by atoms with E-state index in [1.54, 1.807) is 0 Å². The zero-order valence-electron chi connectivity index (χ0n) is 11.8. The minimum Gasteiger partial charge on any atom is -0.419 e. The van der Waals surface area contributed by atoms with E-state index in [0.29, 0.717) is 0 Å². The molecule has 0 aliphatic rings. The van der Waals surface area contributed by atoms with Gasteiger partial charge in [0.15, 0.2) is 40.5 Å². The summed E-state index contributed by atoms with van der Waals surface area (Å²) in [7, 11) is 0. The molecule has 0 amide bonds.